The summed E-state index contributed by atoms with van der Waals surface area (Å²) in [7, 11) is 2.75. The quantitative estimate of drug-likeness (QED) is 0.588. The second-order valence-electron chi connectivity index (χ2n) is 6.13. The Hall–Kier alpha value is -2.18. The number of ether oxygens (including phenoxy) is 3. The Morgan fingerprint density at radius 1 is 1.25 bits per heavy atom. The standard InChI is InChI=1S/C17H20F2O5/c1-9(2)8-24-16(21)17(15(18)19)7-12-11(14(17)20)5-10(22-3)6-13(12)23-4/h5-6,9,15H,7-8H2,1-4H3. The number of rotatable bonds is 6. The van der Waals surface area contributed by atoms with Crippen molar-refractivity contribution in [3.05, 3.63) is 23.3 Å². The van der Waals surface area contributed by atoms with Crippen molar-refractivity contribution >= 4 is 11.8 Å². The zero-order valence-electron chi connectivity index (χ0n) is 14.0. The van der Waals surface area contributed by atoms with E-state index in [1.165, 1.54) is 26.4 Å². The molecule has 0 N–H and O–H groups in total. The van der Waals surface area contributed by atoms with Crippen LogP contribution in [0.2, 0.25) is 0 Å². The molecule has 7 heteroatoms. The van der Waals surface area contributed by atoms with Crippen LogP contribution in [0.3, 0.4) is 0 Å². The normalized spacial score (nSPS) is 19.6. The van der Waals surface area contributed by atoms with Crippen LogP contribution < -0.4 is 9.47 Å². The molecule has 1 aliphatic carbocycles. The van der Waals surface area contributed by atoms with Gasteiger partial charge in [0.05, 0.1) is 20.8 Å². The number of halogens is 2. The lowest BCUT2D eigenvalue weighted by Crippen LogP contribution is -2.45. The van der Waals surface area contributed by atoms with E-state index < -0.39 is 30.0 Å². The average Bonchev–Trinajstić information content (AvgIpc) is 2.85. The van der Waals surface area contributed by atoms with Crippen LogP contribution >= 0.6 is 0 Å². The fourth-order valence-corrected chi connectivity index (χ4v) is 2.71. The number of benzene rings is 1. The smallest absolute Gasteiger partial charge is 0.326 e. The van der Waals surface area contributed by atoms with Crippen LogP contribution in [0.15, 0.2) is 12.1 Å². The maximum Gasteiger partial charge on any atom is 0.326 e. The van der Waals surface area contributed by atoms with Crippen molar-refractivity contribution in [2.45, 2.75) is 26.7 Å². The minimum atomic E-state index is -3.19. The van der Waals surface area contributed by atoms with Crippen LogP contribution in [0, 0.1) is 11.3 Å². The van der Waals surface area contributed by atoms with E-state index in [2.05, 4.69) is 0 Å². The number of hydrogen-bond donors (Lipinski definition) is 0. The van der Waals surface area contributed by atoms with Gasteiger partial charge in [0, 0.05) is 23.6 Å². The highest BCUT2D eigenvalue weighted by atomic mass is 19.3. The van der Waals surface area contributed by atoms with E-state index >= 15 is 0 Å². The summed E-state index contributed by atoms with van der Waals surface area (Å²) in [5.41, 5.74) is -2.25. The summed E-state index contributed by atoms with van der Waals surface area (Å²) in [6, 6.07) is 2.84. The first-order valence-corrected chi connectivity index (χ1v) is 7.53. The van der Waals surface area contributed by atoms with Gasteiger partial charge in [0.25, 0.3) is 6.43 Å². The number of ketones is 1. The minimum absolute atomic E-state index is 0.00740. The van der Waals surface area contributed by atoms with Gasteiger partial charge >= 0.3 is 5.97 Å². The number of carbonyl (C=O) groups excluding carboxylic acids is 2. The summed E-state index contributed by atoms with van der Waals surface area (Å²) in [4.78, 5) is 25.0. The molecule has 1 atom stereocenters. The Kier molecular flexibility index (Phi) is 5.11. The molecule has 0 spiro atoms. The van der Waals surface area contributed by atoms with Crippen molar-refractivity contribution in [3.63, 3.8) is 0 Å². The van der Waals surface area contributed by atoms with E-state index in [0.717, 1.165) is 0 Å². The molecular weight excluding hydrogens is 322 g/mol. The average molecular weight is 342 g/mol. The molecule has 0 amide bonds. The van der Waals surface area contributed by atoms with Gasteiger partial charge in [-0.2, -0.15) is 0 Å². The van der Waals surface area contributed by atoms with Crippen molar-refractivity contribution in [3.8, 4) is 11.5 Å². The van der Waals surface area contributed by atoms with Gasteiger partial charge in [-0.25, -0.2) is 8.78 Å². The first-order valence-electron chi connectivity index (χ1n) is 7.53. The van der Waals surface area contributed by atoms with E-state index in [4.69, 9.17) is 14.2 Å². The molecule has 2 rings (SSSR count). The molecular formula is C17H20F2O5. The Morgan fingerprint density at radius 2 is 1.92 bits per heavy atom. The molecule has 0 aliphatic heterocycles. The van der Waals surface area contributed by atoms with Gasteiger partial charge in [-0.1, -0.05) is 13.8 Å². The highest BCUT2D eigenvalue weighted by Crippen LogP contribution is 2.47. The van der Waals surface area contributed by atoms with Gasteiger partial charge in [0.1, 0.15) is 11.5 Å². The van der Waals surface area contributed by atoms with Crippen LogP contribution in [0.25, 0.3) is 0 Å². The SMILES string of the molecule is COc1cc(OC)c2c(c1)C(=O)C(C(=O)OCC(C)C)(C(F)F)C2. The Balaban J connectivity index is 2.49. The van der Waals surface area contributed by atoms with E-state index in [-0.39, 0.29) is 29.4 Å². The van der Waals surface area contributed by atoms with Gasteiger partial charge in [0.15, 0.2) is 11.2 Å². The zero-order valence-corrected chi connectivity index (χ0v) is 14.0. The molecule has 0 saturated heterocycles. The number of methoxy groups -OCH3 is 2. The van der Waals surface area contributed by atoms with Gasteiger partial charge in [0.2, 0.25) is 0 Å². The van der Waals surface area contributed by atoms with Gasteiger partial charge in [-0.15, -0.1) is 0 Å². The molecule has 1 aliphatic rings. The van der Waals surface area contributed by atoms with Gasteiger partial charge in [-0.05, 0) is 12.0 Å². The van der Waals surface area contributed by atoms with E-state index in [9.17, 15) is 18.4 Å². The van der Waals surface area contributed by atoms with Crippen molar-refractivity contribution in [2.24, 2.45) is 11.3 Å². The van der Waals surface area contributed by atoms with Gasteiger partial charge < -0.3 is 14.2 Å². The fourth-order valence-electron chi connectivity index (χ4n) is 2.71. The van der Waals surface area contributed by atoms with Crippen LogP contribution in [0.5, 0.6) is 11.5 Å². The summed E-state index contributed by atoms with van der Waals surface area (Å²) >= 11 is 0. The molecule has 1 aromatic rings. The molecule has 0 bridgehead atoms. The van der Waals surface area contributed by atoms with Crippen LogP contribution in [0.4, 0.5) is 8.78 Å². The third-order valence-electron chi connectivity index (χ3n) is 4.03. The number of alkyl halides is 2. The number of hydrogen-bond acceptors (Lipinski definition) is 5. The predicted molar refractivity (Wildman–Crippen MR) is 81.8 cm³/mol. The molecule has 1 aromatic carbocycles. The number of fused-ring (bicyclic) bond motifs is 1. The molecule has 1 unspecified atom stereocenters. The molecule has 0 saturated carbocycles. The Labute approximate surface area is 138 Å². The predicted octanol–water partition coefficient (Wildman–Crippen LogP) is 2.89. The lowest BCUT2D eigenvalue weighted by Gasteiger charge is -2.24. The molecule has 0 radical (unpaired) electrons. The summed E-state index contributed by atoms with van der Waals surface area (Å²) in [5.74, 6) is -1.67. The first kappa shape index (κ1) is 18.2. The molecule has 24 heavy (non-hydrogen) atoms. The third kappa shape index (κ3) is 2.83. The van der Waals surface area contributed by atoms with E-state index in [1.54, 1.807) is 13.8 Å². The molecule has 0 heterocycles. The Morgan fingerprint density at radius 3 is 2.42 bits per heavy atom. The van der Waals surface area contributed by atoms with E-state index in [1.807, 2.05) is 0 Å². The third-order valence-corrected chi connectivity index (χ3v) is 4.03. The summed E-state index contributed by atoms with van der Waals surface area (Å²) < 4.78 is 42.8. The topological polar surface area (TPSA) is 61.8 Å². The van der Waals surface area contributed by atoms with Gasteiger partial charge in [-0.3, -0.25) is 9.59 Å². The monoisotopic (exact) mass is 342 g/mol. The molecule has 5 nitrogen and oxygen atoms in total. The number of carbonyl (C=O) groups is 2. The van der Waals surface area contributed by atoms with Crippen LogP contribution in [-0.2, 0) is 16.0 Å². The largest absolute Gasteiger partial charge is 0.497 e. The van der Waals surface area contributed by atoms with Crippen LogP contribution in [-0.4, -0.2) is 39.0 Å². The maximum absolute atomic E-state index is 13.8. The fraction of sp³-hybridized carbons (Fsp3) is 0.529. The van der Waals surface area contributed by atoms with Crippen molar-refractivity contribution in [1.29, 1.82) is 0 Å². The number of Topliss-reactive ketones (excluding diaryl/α,β-unsaturated/α-hetero) is 1. The second kappa shape index (κ2) is 6.75. The lowest BCUT2D eigenvalue weighted by atomic mass is 9.84. The van der Waals surface area contributed by atoms with E-state index in [0.29, 0.717) is 5.75 Å². The van der Waals surface area contributed by atoms with Crippen molar-refractivity contribution in [2.75, 3.05) is 20.8 Å². The number of esters is 1. The second-order valence-corrected chi connectivity index (χ2v) is 6.13. The van der Waals surface area contributed by atoms with Crippen molar-refractivity contribution in [1.82, 2.24) is 0 Å². The maximum atomic E-state index is 13.8. The lowest BCUT2D eigenvalue weighted by molar-refractivity contribution is -0.161. The highest BCUT2D eigenvalue weighted by Gasteiger charge is 2.60. The molecule has 132 valence electrons. The van der Waals surface area contributed by atoms with Crippen molar-refractivity contribution < 1.29 is 32.6 Å². The Bertz CT molecular complexity index is 657. The molecule has 0 fully saturated rings. The summed E-state index contributed by atoms with van der Waals surface area (Å²) in [6.45, 7) is 3.53. The summed E-state index contributed by atoms with van der Waals surface area (Å²) in [6.07, 6.45) is -3.64. The minimum Gasteiger partial charge on any atom is -0.497 e. The molecule has 0 aromatic heterocycles. The van der Waals surface area contributed by atoms with Crippen LogP contribution in [0.1, 0.15) is 29.8 Å². The highest BCUT2D eigenvalue weighted by molar-refractivity contribution is 6.17. The zero-order chi connectivity index (χ0) is 18.1. The first-order chi connectivity index (χ1) is 11.3. The summed E-state index contributed by atoms with van der Waals surface area (Å²) in [5, 5.41) is 0.